The maximum atomic E-state index is 6.78. The summed E-state index contributed by atoms with van der Waals surface area (Å²) < 4.78 is 11.7. The van der Waals surface area contributed by atoms with Crippen LogP contribution in [0.1, 0.15) is 0 Å². The van der Waals surface area contributed by atoms with Crippen molar-refractivity contribution in [3.05, 3.63) is 188 Å². The summed E-state index contributed by atoms with van der Waals surface area (Å²) in [5.74, 6) is 1.80. The van der Waals surface area contributed by atoms with Crippen LogP contribution in [0.3, 0.4) is 0 Å². The Hall–Kier alpha value is -8.35. The summed E-state index contributed by atoms with van der Waals surface area (Å²) in [6, 6.07) is 66.6. The van der Waals surface area contributed by atoms with Crippen molar-refractivity contribution in [1.29, 1.82) is 0 Å². The molecule has 0 aliphatic heterocycles. The van der Waals surface area contributed by atoms with Crippen LogP contribution in [0.2, 0.25) is 0 Å². The van der Waals surface area contributed by atoms with Crippen LogP contribution in [0.15, 0.2) is 192 Å². The number of hydrogen-bond donors (Lipinski definition) is 0. The second-order valence-electron chi connectivity index (χ2n) is 16.0. The van der Waals surface area contributed by atoms with Crippen LogP contribution in [0.4, 0.5) is 0 Å². The molecule has 0 saturated carbocycles. The summed E-state index contributed by atoms with van der Waals surface area (Å²) >= 11 is 0. The number of para-hydroxylation sites is 3. The molecule has 0 spiro atoms. The van der Waals surface area contributed by atoms with E-state index in [1.165, 1.54) is 59.6 Å². The fourth-order valence-electron chi connectivity index (χ4n) is 9.98. The third kappa shape index (κ3) is 4.58. The van der Waals surface area contributed by atoms with Gasteiger partial charge in [-0.2, -0.15) is 0 Å². The monoisotopic (exact) mass is 777 g/mol. The maximum Gasteiger partial charge on any atom is 0.164 e. The maximum absolute atomic E-state index is 6.78. The number of hydrogen-bond acceptors (Lipinski definition) is 4. The van der Waals surface area contributed by atoms with E-state index >= 15 is 0 Å². The van der Waals surface area contributed by atoms with E-state index in [2.05, 4.69) is 124 Å². The van der Waals surface area contributed by atoms with Gasteiger partial charge >= 0.3 is 0 Å². The minimum atomic E-state index is 0.579. The zero-order valence-electron chi connectivity index (χ0n) is 32.5. The van der Waals surface area contributed by atoms with Crippen LogP contribution in [0.25, 0.3) is 132 Å². The fourth-order valence-corrected chi connectivity index (χ4v) is 9.98. The molecule has 0 aliphatic carbocycles. The van der Waals surface area contributed by atoms with Gasteiger partial charge in [0.05, 0.1) is 33.3 Å². The average molecular weight is 778 g/mol. The van der Waals surface area contributed by atoms with Gasteiger partial charge in [0.2, 0.25) is 0 Å². The first-order chi connectivity index (χ1) is 30.2. The van der Waals surface area contributed by atoms with Crippen molar-refractivity contribution in [1.82, 2.24) is 23.9 Å². The standard InChI is InChI=1S/C55H31N5O/c1-3-14-32(15-4-1)53-56-54(33-16-5-2-6-17-33)58-55(57-53)44-28-36(29-50-51(44)40-21-10-12-25-49(40)61-50)59-46-27-35-19-8-7-18-34(35)26-41(46)43-30-42-39-23-13-22-38-37-20-9-11-24-45(37)60(52(38)39)48(42)31-47(43)59/h1-31H. The minimum Gasteiger partial charge on any atom is -0.456 e. The van der Waals surface area contributed by atoms with E-state index in [4.69, 9.17) is 19.4 Å². The molecular weight excluding hydrogens is 747 g/mol. The molecule has 9 aromatic carbocycles. The van der Waals surface area contributed by atoms with Gasteiger partial charge in [-0.1, -0.05) is 140 Å². The van der Waals surface area contributed by atoms with Crippen molar-refractivity contribution in [3.8, 4) is 39.9 Å². The highest BCUT2D eigenvalue weighted by Gasteiger charge is 2.24. The van der Waals surface area contributed by atoms with Gasteiger partial charge in [-0.3, -0.25) is 0 Å². The lowest BCUT2D eigenvalue weighted by molar-refractivity contribution is 0.668. The van der Waals surface area contributed by atoms with Crippen LogP contribution in [-0.2, 0) is 0 Å². The zero-order valence-corrected chi connectivity index (χ0v) is 32.5. The molecule has 14 aromatic rings. The second-order valence-corrected chi connectivity index (χ2v) is 16.0. The normalized spacial score (nSPS) is 12.3. The fraction of sp³-hybridized carbons (Fsp3) is 0. The Balaban J connectivity index is 1.13. The van der Waals surface area contributed by atoms with Gasteiger partial charge in [0.25, 0.3) is 0 Å². The molecule has 282 valence electrons. The quantitative estimate of drug-likeness (QED) is 0.179. The summed E-state index contributed by atoms with van der Waals surface area (Å²) in [6.07, 6.45) is 0. The highest BCUT2D eigenvalue weighted by Crippen LogP contribution is 2.45. The smallest absolute Gasteiger partial charge is 0.164 e. The first kappa shape index (κ1) is 32.6. The van der Waals surface area contributed by atoms with Crippen LogP contribution in [-0.4, -0.2) is 23.9 Å². The summed E-state index contributed by atoms with van der Waals surface area (Å²) in [5.41, 5.74) is 11.1. The molecule has 14 rings (SSSR count). The van der Waals surface area contributed by atoms with Gasteiger partial charge in [0.1, 0.15) is 11.2 Å². The van der Waals surface area contributed by atoms with E-state index in [1.54, 1.807) is 0 Å². The molecule has 0 amide bonds. The van der Waals surface area contributed by atoms with Crippen molar-refractivity contribution in [2.45, 2.75) is 0 Å². The predicted molar refractivity (Wildman–Crippen MR) is 250 cm³/mol. The predicted octanol–water partition coefficient (Wildman–Crippen LogP) is 14.2. The van der Waals surface area contributed by atoms with E-state index in [0.29, 0.717) is 17.5 Å². The topological polar surface area (TPSA) is 61.2 Å². The lowest BCUT2D eigenvalue weighted by atomic mass is 10.0. The van der Waals surface area contributed by atoms with Crippen molar-refractivity contribution in [2.75, 3.05) is 0 Å². The van der Waals surface area contributed by atoms with Gasteiger partial charge in [-0.15, -0.1) is 0 Å². The van der Waals surface area contributed by atoms with Crippen LogP contribution in [0.5, 0.6) is 0 Å². The average Bonchev–Trinajstić information content (AvgIpc) is 4.06. The molecule has 0 radical (unpaired) electrons. The van der Waals surface area contributed by atoms with Gasteiger partial charge in [-0.05, 0) is 53.2 Å². The highest BCUT2D eigenvalue weighted by molar-refractivity contribution is 6.27. The molecule has 6 heteroatoms. The van der Waals surface area contributed by atoms with E-state index in [-0.39, 0.29) is 0 Å². The molecule has 6 nitrogen and oxygen atoms in total. The van der Waals surface area contributed by atoms with Crippen molar-refractivity contribution < 1.29 is 4.42 Å². The SMILES string of the molecule is c1ccc(-c2nc(-c3ccccc3)nc(-c3cc(-n4c5cc6ccccc6cc5c5cc6c7cccc8c9ccccc9n(c6cc54)c87)cc4oc5ccccc5c34)n2)cc1. The van der Waals surface area contributed by atoms with Crippen LogP contribution in [0, 0.1) is 0 Å². The largest absolute Gasteiger partial charge is 0.456 e. The third-order valence-corrected chi connectivity index (χ3v) is 12.6. The lowest BCUT2D eigenvalue weighted by Gasteiger charge is -2.13. The number of benzene rings is 9. The Labute approximate surface area is 347 Å². The molecule has 5 aromatic heterocycles. The molecule has 0 bridgehead atoms. The summed E-state index contributed by atoms with van der Waals surface area (Å²) in [4.78, 5) is 15.6. The van der Waals surface area contributed by atoms with E-state index in [9.17, 15) is 0 Å². The molecule has 61 heavy (non-hydrogen) atoms. The number of furan rings is 1. The molecule has 0 aliphatic rings. The zero-order chi connectivity index (χ0) is 39.8. The Bertz CT molecular complexity index is 4050. The first-order valence-electron chi connectivity index (χ1n) is 20.6. The Kier molecular flexibility index (Phi) is 6.46. The van der Waals surface area contributed by atoms with Crippen molar-refractivity contribution in [2.24, 2.45) is 0 Å². The van der Waals surface area contributed by atoms with Gasteiger partial charge < -0.3 is 13.4 Å². The molecule has 5 heterocycles. The summed E-state index contributed by atoms with van der Waals surface area (Å²) in [5, 5.41) is 11.8. The number of rotatable bonds is 4. The molecule has 0 atom stereocenters. The van der Waals surface area contributed by atoms with E-state index in [1.807, 2.05) is 72.8 Å². The van der Waals surface area contributed by atoms with Crippen molar-refractivity contribution in [3.63, 3.8) is 0 Å². The molecule has 0 saturated heterocycles. The Morgan fingerprint density at radius 1 is 0.361 bits per heavy atom. The third-order valence-electron chi connectivity index (χ3n) is 12.6. The lowest BCUT2D eigenvalue weighted by Crippen LogP contribution is -2.01. The first-order valence-corrected chi connectivity index (χ1v) is 20.6. The molecule has 0 fully saturated rings. The van der Waals surface area contributed by atoms with Gasteiger partial charge in [-0.25, -0.2) is 15.0 Å². The second kappa shape index (κ2) is 12.1. The van der Waals surface area contributed by atoms with Crippen LogP contribution >= 0.6 is 0 Å². The van der Waals surface area contributed by atoms with Crippen molar-refractivity contribution >= 4 is 92.6 Å². The Morgan fingerprint density at radius 3 is 1.70 bits per heavy atom. The molecule has 0 unspecified atom stereocenters. The minimum absolute atomic E-state index is 0.579. The number of fused-ring (bicyclic) bond motifs is 13. The van der Waals surface area contributed by atoms with E-state index < -0.39 is 0 Å². The highest BCUT2D eigenvalue weighted by atomic mass is 16.3. The van der Waals surface area contributed by atoms with Crippen LogP contribution < -0.4 is 0 Å². The Morgan fingerprint density at radius 2 is 0.934 bits per heavy atom. The summed E-state index contributed by atoms with van der Waals surface area (Å²) in [6.45, 7) is 0. The van der Waals surface area contributed by atoms with E-state index in [0.717, 1.165) is 55.3 Å². The number of aromatic nitrogens is 5. The molecular formula is C55H31N5O. The molecule has 0 N–H and O–H groups in total. The summed E-state index contributed by atoms with van der Waals surface area (Å²) in [7, 11) is 0. The number of nitrogens with zero attached hydrogens (tertiary/aromatic N) is 5. The van der Waals surface area contributed by atoms with Gasteiger partial charge in [0, 0.05) is 65.8 Å². The van der Waals surface area contributed by atoms with Gasteiger partial charge in [0.15, 0.2) is 17.5 Å².